The number of nitrogen functional groups attached to an aromatic ring is 1. The van der Waals surface area contributed by atoms with Gasteiger partial charge in [0.15, 0.2) is 0 Å². The molecule has 2 heterocycles. The van der Waals surface area contributed by atoms with E-state index in [4.69, 9.17) is 5.73 Å². The van der Waals surface area contributed by atoms with Crippen LogP contribution in [0, 0.1) is 0 Å². The molecular formula is C13H17N5O. The molecule has 0 atom stereocenters. The maximum Gasteiger partial charge on any atom is 0.274 e. The number of pyridine rings is 1. The summed E-state index contributed by atoms with van der Waals surface area (Å²) in [5, 5.41) is 4.08. The second kappa shape index (κ2) is 5.51. The van der Waals surface area contributed by atoms with Gasteiger partial charge in [-0.3, -0.25) is 14.5 Å². The van der Waals surface area contributed by atoms with Crippen molar-refractivity contribution in [3.63, 3.8) is 0 Å². The zero-order chi connectivity index (χ0) is 13.8. The Morgan fingerprint density at radius 1 is 1.47 bits per heavy atom. The van der Waals surface area contributed by atoms with Gasteiger partial charge in [0, 0.05) is 32.5 Å². The maximum atomic E-state index is 12.4. The number of nitrogens with zero attached hydrogens (tertiary/aromatic N) is 4. The molecule has 1 amide bonds. The van der Waals surface area contributed by atoms with Crippen LogP contribution in [0.25, 0.3) is 0 Å². The molecule has 0 aliphatic carbocycles. The predicted molar refractivity (Wildman–Crippen MR) is 72.3 cm³/mol. The number of rotatable bonds is 4. The summed E-state index contributed by atoms with van der Waals surface area (Å²) in [4.78, 5) is 18.0. The van der Waals surface area contributed by atoms with Crippen molar-refractivity contribution < 1.29 is 4.79 Å². The Balaban J connectivity index is 2.17. The third-order valence-corrected chi connectivity index (χ3v) is 2.86. The average Bonchev–Trinajstić information content (AvgIpc) is 2.80. The summed E-state index contributed by atoms with van der Waals surface area (Å²) in [5.41, 5.74) is 7.62. The number of hydrogen-bond acceptors (Lipinski definition) is 4. The molecule has 0 unspecified atom stereocenters. The number of aryl methyl sites for hydroxylation is 1. The smallest absolute Gasteiger partial charge is 0.274 e. The van der Waals surface area contributed by atoms with Crippen LogP contribution in [-0.4, -0.2) is 32.6 Å². The minimum atomic E-state index is -0.138. The normalized spacial score (nSPS) is 10.4. The van der Waals surface area contributed by atoms with E-state index in [-0.39, 0.29) is 5.91 Å². The van der Waals surface area contributed by atoms with Crippen LogP contribution in [0.2, 0.25) is 0 Å². The summed E-state index contributed by atoms with van der Waals surface area (Å²) in [7, 11) is 1.74. The highest BCUT2D eigenvalue weighted by molar-refractivity contribution is 5.97. The standard InChI is InChI=1S/C13H17N5O/c1-3-18-12(11(14)8-16-18)13(19)17(2)9-10-5-4-6-15-7-10/h4-8H,3,9,14H2,1-2H3. The van der Waals surface area contributed by atoms with Gasteiger partial charge in [-0.2, -0.15) is 5.10 Å². The molecule has 2 N–H and O–H groups in total. The van der Waals surface area contributed by atoms with E-state index in [2.05, 4.69) is 10.1 Å². The molecule has 0 bridgehead atoms. The van der Waals surface area contributed by atoms with Crippen LogP contribution in [-0.2, 0) is 13.1 Å². The number of nitrogens with two attached hydrogens (primary N) is 1. The van der Waals surface area contributed by atoms with Crippen molar-refractivity contribution in [2.45, 2.75) is 20.0 Å². The number of carbonyl (C=O) groups excluding carboxylic acids is 1. The summed E-state index contributed by atoms with van der Waals surface area (Å²) in [6.45, 7) is 3.02. The van der Waals surface area contributed by atoms with Crippen molar-refractivity contribution in [2.75, 3.05) is 12.8 Å². The van der Waals surface area contributed by atoms with Gasteiger partial charge in [-0.1, -0.05) is 6.07 Å². The fraction of sp³-hybridized carbons (Fsp3) is 0.308. The lowest BCUT2D eigenvalue weighted by atomic mass is 10.2. The van der Waals surface area contributed by atoms with Crippen LogP contribution in [0.4, 0.5) is 5.69 Å². The van der Waals surface area contributed by atoms with E-state index in [1.807, 2.05) is 19.1 Å². The Kier molecular flexibility index (Phi) is 3.79. The molecule has 6 heteroatoms. The van der Waals surface area contributed by atoms with Gasteiger partial charge in [-0.05, 0) is 18.6 Å². The first kappa shape index (κ1) is 13.1. The first-order valence-corrected chi connectivity index (χ1v) is 6.09. The molecule has 0 radical (unpaired) electrons. The largest absolute Gasteiger partial charge is 0.396 e. The van der Waals surface area contributed by atoms with Crippen LogP contribution >= 0.6 is 0 Å². The zero-order valence-electron chi connectivity index (χ0n) is 11.1. The Hall–Kier alpha value is -2.37. The summed E-state index contributed by atoms with van der Waals surface area (Å²) >= 11 is 0. The van der Waals surface area contributed by atoms with E-state index in [0.717, 1.165) is 5.56 Å². The van der Waals surface area contributed by atoms with E-state index >= 15 is 0 Å². The molecule has 6 nitrogen and oxygen atoms in total. The van der Waals surface area contributed by atoms with Crippen LogP contribution in [0.15, 0.2) is 30.7 Å². The molecule has 19 heavy (non-hydrogen) atoms. The van der Waals surface area contributed by atoms with E-state index in [1.165, 1.54) is 6.20 Å². The lowest BCUT2D eigenvalue weighted by molar-refractivity contribution is 0.0774. The van der Waals surface area contributed by atoms with Crippen molar-refractivity contribution in [3.05, 3.63) is 42.0 Å². The van der Waals surface area contributed by atoms with Gasteiger partial charge in [0.05, 0.1) is 11.9 Å². The summed E-state index contributed by atoms with van der Waals surface area (Å²) in [5.74, 6) is -0.138. The molecule has 0 saturated carbocycles. The first-order valence-electron chi connectivity index (χ1n) is 6.09. The highest BCUT2D eigenvalue weighted by atomic mass is 16.2. The summed E-state index contributed by atoms with van der Waals surface area (Å²) in [6.07, 6.45) is 4.95. The van der Waals surface area contributed by atoms with Crippen LogP contribution in [0.1, 0.15) is 23.0 Å². The third-order valence-electron chi connectivity index (χ3n) is 2.86. The van der Waals surface area contributed by atoms with E-state index < -0.39 is 0 Å². The van der Waals surface area contributed by atoms with Gasteiger partial charge in [0.1, 0.15) is 5.69 Å². The highest BCUT2D eigenvalue weighted by Gasteiger charge is 2.20. The fourth-order valence-corrected chi connectivity index (χ4v) is 1.89. The fourth-order valence-electron chi connectivity index (χ4n) is 1.89. The second-order valence-electron chi connectivity index (χ2n) is 4.29. The van der Waals surface area contributed by atoms with Crippen LogP contribution in [0.3, 0.4) is 0 Å². The monoisotopic (exact) mass is 259 g/mol. The number of anilines is 1. The van der Waals surface area contributed by atoms with Gasteiger partial charge < -0.3 is 10.6 Å². The van der Waals surface area contributed by atoms with Crippen LogP contribution < -0.4 is 5.73 Å². The van der Waals surface area contributed by atoms with E-state index in [1.54, 1.807) is 29.0 Å². The molecular weight excluding hydrogens is 242 g/mol. The van der Waals surface area contributed by atoms with Crippen LogP contribution in [0.5, 0.6) is 0 Å². The zero-order valence-corrected chi connectivity index (χ0v) is 11.1. The lowest BCUT2D eigenvalue weighted by Gasteiger charge is -2.18. The maximum absolute atomic E-state index is 12.4. The molecule has 100 valence electrons. The number of amides is 1. The van der Waals surface area contributed by atoms with Gasteiger partial charge in [-0.15, -0.1) is 0 Å². The molecule has 0 aliphatic rings. The van der Waals surface area contributed by atoms with Crippen molar-refractivity contribution in [1.29, 1.82) is 0 Å². The molecule has 0 aromatic carbocycles. The summed E-state index contributed by atoms with van der Waals surface area (Å²) in [6, 6.07) is 3.77. The quantitative estimate of drug-likeness (QED) is 0.893. The molecule has 2 aromatic rings. The lowest BCUT2D eigenvalue weighted by Crippen LogP contribution is -2.29. The molecule has 2 rings (SSSR count). The van der Waals surface area contributed by atoms with Gasteiger partial charge >= 0.3 is 0 Å². The topological polar surface area (TPSA) is 77.0 Å². The van der Waals surface area contributed by atoms with Gasteiger partial charge in [0.25, 0.3) is 5.91 Å². The van der Waals surface area contributed by atoms with Crippen molar-refractivity contribution in [3.8, 4) is 0 Å². The molecule has 0 aliphatic heterocycles. The minimum absolute atomic E-state index is 0.138. The number of hydrogen-bond donors (Lipinski definition) is 1. The summed E-state index contributed by atoms with van der Waals surface area (Å²) < 4.78 is 1.61. The van der Waals surface area contributed by atoms with Gasteiger partial charge in [0.2, 0.25) is 0 Å². The number of aromatic nitrogens is 3. The van der Waals surface area contributed by atoms with Crippen molar-refractivity contribution in [2.24, 2.45) is 0 Å². The van der Waals surface area contributed by atoms with Crippen molar-refractivity contribution >= 4 is 11.6 Å². The minimum Gasteiger partial charge on any atom is -0.396 e. The van der Waals surface area contributed by atoms with Crippen molar-refractivity contribution in [1.82, 2.24) is 19.7 Å². The highest BCUT2D eigenvalue weighted by Crippen LogP contribution is 2.14. The molecule has 0 fully saturated rings. The Morgan fingerprint density at radius 2 is 2.26 bits per heavy atom. The second-order valence-corrected chi connectivity index (χ2v) is 4.29. The van der Waals surface area contributed by atoms with E-state index in [9.17, 15) is 4.79 Å². The Bertz CT molecular complexity index is 564. The first-order chi connectivity index (χ1) is 9.13. The Morgan fingerprint density at radius 3 is 2.89 bits per heavy atom. The predicted octanol–water partition coefficient (Wildman–Crippen LogP) is 1.15. The molecule has 0 spiro atoms. The van der Waals surface area contributed by atoms with Gasteiger partial charge in [-0.25, -0.2) is 0 Å². The average molecular weight is 259 g/mol. The molecule has 0 saturated heterocycles. The SMILES string of the molecule is CCn1ncc(N)c1C(=O)N(C)Cc1cccnc1. The van der Waals surface area contributed by atoms with E-state index in [0.29, 0.717) is 24.5 Å². The third kappa shape index (κ3) is 2.73. The molecule has 2 aromatic heterocycles. The Labute approximate surface area is 111 Å². The number of carbonyl (C=O) groups is 1.